The second kappa shape index (κ2) is 4.53. The van der Waals surface area contributed by atoms with Gasteiger partial charge in [-0.05, 0) is 11.5 Å². The summed E-state index contributed by atoms with van der Waals surface area (Å²) < 4.78 is 5.17. The molecular formula is C12H15NO4. The van der Waals surface area contributed by atoms with Crippen LogP contribution in [0.5, 0.6) is 5.75 Å². The van der Waals surface area contributed by atoms with Crippen LogP contribution in [0, 0.1) is 10.1 Å². The maximum Gasteiger partial charge on any atom is 0.280 e. The van der Waals surface area contributed by atoms with Gasteiger partial charge in [-0.25, -0.2) is 0 Å². The van der Waals surface area contributed by atoms with Crippen molar-refractivity contribution in [3.63, 3.8) is 0 Å². The fraction of sp³-hybridized carbons (Fsp3) is 0.417. The lowest BCUT2D eigenvalue weighted by Crippen LogP contribution is -2.17. The smallest absolute Gasteiger partial charge is 0.280 e. The molecule has 0 saturated carbocycles. The predicted octanol–water partition coefficient (Wildman–Crippen LogP) is 2.71. The van der Waals surface area contributed by atoms with Crippen LogP contribution in [0.25, 0.3) is 0 Å². The number of hydrogen-bond donors (Lipinski definition) is 0. The van der Waals surface area contributed by atoms with Gasteiger partial charge < -0.3 is 4.74 Å². The zero-order valence-electron chi connectivity index (χ0n) is 10.3. The summed E-state index contributed by atoms with van der Waals surface area (Å²) in [7, 11) is 1.48. The minimum absolute atomic E-state index is 0.0850. The van der Waals surface area contributed by atoms with E-state index < -0.39 is 10.3 Å². The SMILES string of the molecule is COc1ccc([N+](=O)[O-])c(C=O)c1C(C)(C)C. The number of hydrogen-bond acceptors (Lipinski definition) is 4. The van der Waals surface area contributed by atoms with E-state index in [-0.39, 0.29) is 11.3 Å². The predicted molar refractivity (Wildman–Crippen MR) is 63.7 cm³/mol. The number of ether oxygens (including phenoxy) is 1. The number of rotatable bonds is 3. The molecule has 1 aromatic rings. The number of aldehydes is 1. The molecule has 0 fully saturated rings. The Balaban J connectivity index is 3.67. The van der Waals surface area contributed by atoms with Gasteiger partial charge in [0.1, 0.15) is 5.75 Å². The van der Waals surface area contributed by atoms with E-state index in [1.807, 2.05) is 20.8 Å². The Labute approximate surface area is 99.5 Å². The van der Waals surface area contributed by atoms with E-state index in [0.29, 0.717) is 17.6 Å². The number of benzene rings is 1. The molecule has 0 N–H and O–H groups in total. The molecule has 0 aliphatic rings. The van der Waals surface area contributed by atoms with Gasteiger partial charge in [0, 0.05) is 11.6 Å². The molecule has 0 aliphatic carbocycles. The van der Waals surface area contributed by atoms with Gasteiger partial charge in [-0.1, -0.05) is 20.8 Å². The van der Waals surface area contributed by atoms with Gasteiger partial charge in [-0.3, -0.25) is 14.9 Å². The third-order valence-corrected chi connectivity index (χ3v) is 2.47. The van der Waals surface area contributed by atoms with Crippen LogP contribution < -0.4 is 4.74 Å². The van der Waals surface area contributed by atoms with E-state index >= 15 is 0 Å². The van der Waals surface area contributed by atoms with E-state index in [0.717, 1.165) is 0 Å². The zero-order chi connectivity index (χ0) is 13.2. The molecule has 0 heterocycles. The zero-order valence-corrected chi connectivity index (χ0v) is 10.3. The van der Waals surface area contributed by atoms with Crippen LogP contribution in [0.15, 0.2) is 12.1 Å². The Morgan fingerprint density at radius 1 is 1.35 bits per heavy atom. The molecule has 5 nitrogen and oxygen atoms in total. The molecule has 0 atom stereocenters. The second-order valence-electron chi connectivity index (χ2n) is 4.70. The van der Waals surface area contributed by atoms with Crippen molar-refractivity contribution in [2.24, 2.45) is 0 Å². The molecule has 1 aromatic carbocycles. The summed E-state index contributed by atoms with van der Waals surface area (Å²) in [6.45, 7) is 5.63. The van der Waals surface area contributed by atoms with Crippen molar-refractivity contribution < 1.29 is 14.5 Å². The van der Waals surface area contributed by atoms with Crippen LogP contribution in [0.3, 0.4) is 0 Å². The normalized spacial score (nSPS) is 11.1. The molecule has 0 amide bonds. The summed E-state index contributed by atoms with van der Waals surface area (Å²) in [6, 6.07) is 2.81. The molecule has 0 unspecified atom stereocenters. The molecule has 0 saturated heterocycles. The first-order valence-electron chi connectivity index (χ1n) is 5.14. The van der Waals surface area contributed by atoms with Gasteiger partial charge in [0.25, 0.3) is 5.69 Å². The fourth-order valence-electron chi connectivity index (χ4n) is 1.81. The lowest BCUT2D eigenvalue weighted by molar-refractivity contribution is -0.385. The fourth-order valence-corrected chi connectivity index (χ4v) is 1.81. The Bertz CT molecular complexity index is 460. The van der Waals surface area contributed by atoms with Crippen molar-refractivity contribution in [2.75, 3.05) is 7.11 Å². The van der Waals surface area contributed by atoms with Crippen molar-refractivity contribution in [1.82, 2.24) is 0 Å². The number of nitro groups is 1. The minimum Gasteiger partial charge on any atom is -0.496 e. The average molecular weight is 237 g/mol. The number of nitrogens with zero attached hydrogens (tertiary/aromatic N) is 1. The van der Waals surface area contributed by atoms with Gasteiger partial charge >= 0.3 is 0 Å². The molecule has 0 radical (unpaired) electrons. The summed E-state index contributed by atoms with van der Waals surface area (Å²) >= 11 is 0. The van der Waals surface area contributed by atoms with Crippen LogP contribution in [-0.2, 0) is 5.41 Å². The summed E-state index contributed by atoms with van der Waals surface area (Å²) in [5, 5.41) is 10.9. The number of carbonyl (C=O) groups is 1. The lowest BCUT2D eigenvalue weighted by Gasteiger charge is -2.23. The molecule has 0 aliphatic heterocycles. The number of nitro benzene ring substituents is 1. The lowest BCUT2D eigenvalue weighted by atomic mass is 9.82. The summed E-state index contributed by atoms with van der Waals surface area (Å²) in [5.41, 5.74) is 0.0462. The third-order valence-electron chi connectivity index (χ3n) is 2.47. The minimum atomic E-state index is -0.557. The van der Waals surface area contributed by atoms with Gasteiger partial charge in [-0.2, -0.15) is 0 Å². The van der Waals surface area contributed by atoms with E-state index in [1.165, 1.54) is 19.2 Å². The number of carbonyl (C=O) groups excluding carboxylic acids is 1. The van der Waals surface area contributed by atoms with Crippen molar-refractivity contribution in [2.45, 2.75) is 26.2 Å². The third kappa shape index (κ3) is 2.43. The molecule has 0 aromatic heterocycles. The van der Waals surface area contributed by atoms with Crippen molar-refractivity contribution in [3.8, 4) is 5.75 Å². The van der Waals surface area contributed by atoms with Crippen molar-refractivity contribution in [1.29, 1.82) is 0 Å². The van der Waals surface area contributed by atoms with Crippen LogP contribution in [0.2, 0.25) is 0 Å². The van der Waals surface area contributed by atoms with Crippen LogP contribution in [0.1, 0.15) is 36.7 Å². The highest BCUT2D eigenvalue weighted by molar-refractivity contribution is 5.86. The first-order valence-corrected chi connectivity index (χ1v) is 5.14. The molecule has 0 spiro atoms. The monoisotopic (exact) mass is 237 g/mol. The maximum atomic E-state index is 11.1. The Morgan fingerprint density at radius 3 is 2.29 bits per heavy atom. The standard InChI is InChI=1S/C12H15NO4/c1-12(2,3)11-8(7-14)9(13(15)16)5-6-10(11)17-4/h5-7H,1-4H3. The topological polar surface area (TPSA) is 69.4 Å². The highest BCUT2D eigenvalue weighted by Crippen LogP contribution is 2.37. The van der Waals surface area contributed by atoms with E-state index in [1.54, 1.807) is 0 Å². The molecular weight excluding hydrogens is 222 g/mol. The van der Waals surface area contributed by atoms with Crippen molar-refractivity contribution in [3.05, 3.63) is 33.4 Å². The maximum absolute atomic E-state index is 11.1. The van der Waals surface area contributed by atoms with Crippen LogP contribution in [0.4, 0.5) is 5.69 Å². The van der Waals surface area contributed by atoms with Crippen LogP contribution in [-0.4, -0.2) is 18.3 Å². The molecule has 5 heteroatoms. The van der Waals surface area contributed by atoms with Gasteiger partial charge in [0.05, 0.1) is 17.6 Å². The van der Waals surface area contributed by atoms with E-state index in [9.17, 15) is 14.9 Å². The second-order valence-corrected chi connectivity index (χ2v) is 4.70. The van der Waals surface area contributed by atoms with Crippen LogP contribution >= 0.6 is 0 Å². The quantitative estimate of drug-likeness (QED) is 0.460. The van der Waals surface area contributed by atoms with Gasteiger partial charge in [-0.15, -0.1) is 0 Å². The summed E-state index contributed by atoms with van der Waals surface area (Å²) in [6.07, 6.45) is 0.515. The van der Waals surface area contributed by atoms with Crippen molar-refractivity contribution >= 4 is 12.0 Å². The number of methoxy groups -OCH3 is 1. The Morgan fingerprint density at radius 2 is 1.94 bits per heavy atom. The largest absolute Gasteiger partial charge is 0.496 e. The molecule has 92 valence electrons. The van der Waals surface area contributed by atoms with E-state index in [4.69, 9.17) is 4.74 Å². The molecule has 0 bridgehead atoms. The van der Waals surface area contributed by atoms with E-state index in [2.05, 4.69) is 0 Å². The highest BCUT2D eigenvalue weighted by Gasteiger charge is 2.28. The highest BCUT2D eigenvalue weighted by atomic mass is 16.6. The summed E-state index contributed by atoms with van der Waals surface area (Å²) in [5.74, 6) is 0.491. The molecule has 17 heavy (non-hydrogen) atoms. The average Bonchev–Trinajstić information content (AvgIpc) is 2.25. The Kier molecular flexibility index (Phi) is 3.50. The molecule has 1 rings (SSSR count). The first kappa shape index (κ1) is 13.2. The van der Waals surface area contributed by atoms with Gasteiger partial charge in [0.15, 0.2) is 6.29 Å². The summed E-state index contributed by atoms with van der Waals surface area (Å²) in [4.78, 5) is 21.4. The van der Waals surface area contributed by atoms with Gasteiger partial charge in [0.2, 0.25) is 0 Å². The first-order chi connectivity index (χ1) is 7.82. The Hall–Kier alpha value is -1.91.